The van der Waals surface area contributed by atoms with Crippen molar-refractivity contribution in [3.05, 3.63) is 46.4 Å². The fraction of sp³-hybridized carbons (Fsp3) is 0.294. The van der Waals surface area contributed by atoms with Gasteiger partial charge in [-0.25, -0.2) is 4.68 Å². The summed E-state index contributed by atoms with van der Waals surface area (Å²) in [6.45, 7) is 2.63. The molecule has 0 fully saturated rings. The minimum absolute atomic E-state index is 0.0998. The van der Waals surface area contributed by atoms with Gasteiger partial charge in [-0.1, -0.05) is 5.21 Å². The van der Waals surface area contributed by atoms with Crippen LogP contribution in [0.15, 0.2) is 29.6 Å². The van der Waals surface area contributed by atoms with E-state index in [-0.39, 0.29) is 11.6 Å². The number of hydrogen-bond acceptors (Lipinski definition) is 6. The van der Waals surface area contributed by atoms with Crippen LogP contribution in [0, 0.1) is 0 Å². The van der Waals surface area contributed by atoms with Crippen molar-refractivity contribution in [3.63, 3.8) is 0 Å². The molecule has 9 heteroatoms. The summed E-state index contributed by atoms with van der Waals surface area (Å²) in [5.41, 5.74) is 2.83. The lowest BCUT2D eigenvalue weighted by Gasteiger charge is -2.16. The Balaban J connectivity index is 1.82. The first-order valence-corrected chi connectivity index (χ1v) is 9.25. The predicted molar refractivity (Wildman–Crippen MR) is 97.7 cm³/mol. The molecule has 2 N–H and O–H groups in total. The molecule has 0 saturated carbocycles. The number of pyridine rings is 1. The van der Waals surface area contributed by atoms with Gasteiger partial charge in [-0.2, -0.15) is 5.10 Å². The summed E-state index contributed by atoms with van der Waals surface area (Å²) in [5.74, 6) is 0.789. The molecular formula is C17H16N6O2S. The Kier molecular flexibility index (Phi) is 3.42. The highest BCUT2D eigenvalue weighted by Gasteiger charge is 2.27. The van der Waals surface area contributed by atoms with Crippen LogP contribution in [-0.4, -0.2) is 36.8 Å². The van der Waals surface area contributed by atoms with Crippen molar-refractivity contribution in [2.75, 3.05) is 6.61 Å². The number of nitrogens with zero attached hydrogens (tertiary/aromatic N) is 4. The summed E-state index contributed by atoms with van der Waals surface area (Å²) in [7, 11) is 0. The summed E-state index contributed by atoms with van der Waals surface area (Å²) in [4.78, 5) is 16.9. The molecule has 8 nitrogen and oxygen atoms in total. The number of ether oxygens (including phenoxy) is 1. The molecule has 1 aliphatic rings. The van der Waals surface area contributed by atoms with Gasteiger partial charge in [-0.05, 0) is 25.3 Å². The van der Waals surface area contributed by atoms with E-state index >= 15 is 0 Å². The quantitative estimate of drug-likeness (QED) is 0.578. The monoisotopic (exact) mass is 368 g/mol. The van der Waals surface area contributed by atoms with E-state index in [1.807, 2.05) is 13.1 Å². The molecule has 0 unspecified atom stereocenters. The summed E-state index contributed by atoms with van der Waals surface area (Å²) < 4.78 is 8.53. The third-order valence-electron chi connectivity index (χ3n) is 4.78. The lowest BCUT2D eigenvalue weighted by molar-refractivity contribution is 0.321. The molecule has 132 valence electrons. The van der Waals surface area contributed by atoms with Crippen LogP contribution in [0.25, 0.3) is 20.5 Å². The zero-order chi connectivity index (χ0) is 17.7. The van der Waals surface area contributed by atoms with Gasteiger partial charge in [0.2, 0.25) is 0 Å². The number of H-pyrrole nitrogens is 2. The second-order valence-corrected chi connectivity index (χ2v) is 7.33. The van der Waals surface area contributed by atoms with Crippen LogP contribution >= 0.6 is 11.3 Å². The average molecular weight is 368 g/mol. The average Bonchev–Trinajstić information content (AvgIpc) is 3.37. The van der Waals surface area contributed by atoms with Gasteiger partial charge in [0.1, 0.15) is 10.4 Å². The van der Waals surface area contributed by atoms with Crippen molar-refractivity contribution in [1.29, 1.82) is 0 Å². The molecular weight excluding hydrogens is 352 g/mol. The maximum atomic E-state index is 12.8. The van der Waals surface area contributed by atoms with Gasteiger partial charge in [0.15, 0.2) is 0 Å². The number of hydrogen-bond donors (Lipinski definition) is 2. The Bertz CT molecular complexity index is 1130. The van der Waals surface area contributed by atoms with Crippen LogP contribution in [0.3, 0.4) is 0 Å². The van der Waals surface area contributed by atoms with Crippen molar-refractivity contribution in [2.45, 2.75) is 25.8 Å². The number of nitrogens with one attached hydrogen (secondary N) is 2. The SMILES string of the molecule is C[C@H](c1[nH]c(=O)c2sc(-c3cn[nH]c3)c3c2c1CCCO3)n1ccnn1. The minimum atomic E-state index is -0.118. The Morgan fingerprint density at radius 2 is 2.35 bits per heavy atom. The molecule has 26 heavy (non-hydrogen) atoms. The van der Waals surface area contributed by atoms with Crippen molar-refractivity contribution in [2.24, 2.45) is 0 Å². The second kappa shape index (κ2) is 5.80. The van der Waals surface area contributed by atoms with Crippen LogP contribution in [0.2, 0.25) is 0 Å². The van der Waals surface area contributed by atoms with Gasteiger partial charge in [-0.15, -0.1) is 16.4 Å². The largest absolute Gasteiger partial charge is 0.491 e. The molecule has 0 saturated heterocycles. The molecule has 0 spiro atoms. The molecule has 4 aromatic rings. The van der Waals surface area contributed by atoms with Crippen LogP contribution in [0.5, 0.6) is 5.75 Å². The summed E-state index contributed by atoms with van der Waals surface area (Å²) in [6.07, 6.45) is 8.75. The number of aromatic nitrogens is 6. The van der Waals surface area contributed by atoms with Crippen LogP contribution in [0.1, 0.15) is 30.6 Å². The van der Waals surface area contributed by atoms with Crippen LogP contribution in [-0.2, 0) is 6.42 Å². The van der Waals surface area contributed by atoms with E-state index < -0.39 is 0 Å². The van der Waals surface area contributed by atoms with Crippen LogP contribution < -0.4 is 10.3 Å². The van der Waals surface area contributed by atoms with Gasteiger partial charge in [0, 0.05) is 29.0 Å². The Hall–Kier alpha value is -2.94. The second-order valence-electron chi connectivity index (χ2n) is 6.31. The molecule has 1 atom stereocenters. The molecule has 0 radical (unpaired) electrons. The first kappa shape index (κ1) is 15.3. The number of thiophene rings is 1. The minimum Gasteiger partial charge on any atom is -0.491 e. The van der Waals surface area contributed by atoms with Gasteiger partial charge in [0.25, 0.3) is 5.56 Å². The normalized spacial score (nSPS) is 15.0. The summed E-state index contributed by atoms with van der Waals surface area (Å²) in [5, 5.41) is 15.8. The molecule has 0 aliphatic carbocycles. The zero-order valence-corrected chi connectivity index (χ0v) is 14.8. The van der Waals surface area contributed by atoms with E-state index in [0.717, 1.165) is 45.7 Å². The lowest BCUT2D eigenvalue weighted by Crippen LogP contribution is -2.18. The van der Waals surface area contributed by atoms with Crippen molar-refractivity contribution >= 4 is 21.4 Å². The van der Waals surface area contributed by atoms with Gasteiger partial charge >= 0.3 is 0 Å². The standard InChI is InChI=1S/C17H16N6O2S/c1-9(23-5-4-18-22-23)13-11-3-2-6-25-14-12(11)16(17(24)21-13)26-15(14)10-7-19-20-8-10/h4-5,7-9H,2-3,6H2,1H3,(H,19,20)(H,21,24)/t9-/m1/s1. The van der Waals surface area contributed by atoms with Crippen molar-refractivity contribution < 1.29 is 4.74 Å². The van der Waals surface area contributed by atoms with Crippen molar-refractivity contribution in [3.8, 4) is 16.2 Å². The zero-order valence-electron chi connectivity index (χ0n) is 14.0. The molecule has 4 aromatic heterocycles. The highest BCUT2D eigenvalue weighted by molar-refractivity contribution is 7.22. The maximum absolute atomic E-state index is 12.8. The van der Waals surface area contributed by atoms with E-state index in [1.54, 1.807) is 23.3 Å². The Morgan fingerprint density at radius 3 is 3.12 bits per heavy atom. The van der Waals surface area contributed by atoms with Gasteiger partial charge < -0.3 is 9.72 Å². The lowest BCUT2D eigenvalue weighted by atomic mass is 10.00. The summed E-state index contributed by atoms with van der Waals surface area (Å²) in [6, 6.07) is -0.118. The summed E-state index contributed by atoms with van der Waals surface area (Å²) >= 11 is 1.45. The smallest absolute Gasteiger partial charge is 0.266 e. The number of rotatable bonds is 3. The van der Waals surface area contributed by atoms with Gasteiger partial charge in [0.05, 0.1) is 29.9 Å². The number of aryl methyl sites for hydroxylation is 1. The third-order valence-corrected chi connectivity index (χ3v) is 6.00. The first-order valence-electron chi connectivity index (χ1n) is 8.43. The van der Waals surface area contributed by atoms with E-state index in [1.165, 1.54) is 11.3 Å². The van der Waals surface area contributed by atoms with Crippen LogP contribution in [0.4, 0.5) is 0 Å². The highest BCUT2D eigenvalue weighted by Crippen LogP contribution is 2.46. The molecule has 5 heterocycles. The van der Waals surface area contributed by atoms with Gasteiger partial charge in [-0.3, -0.25) is 9.89 Å². The molecule has 0 amide bonds. The fourth-order valence-corrected chi connectivity index (χ4v) is 4.69. The molecule has 1 aliphatic heterocycles. The molecule has 0 aromatic carbocycles. The predicted octanol–water partition coefficient (Wildman–Crippen LogP) is 2.51. The van der Waals surface area contributed by atoms with E-state index in [0.29, 0.717) is 11.3 Å². The van der Waals surface area contributed by atoms with Crippen molar-refractivity contribution in [1.82, 2.24) is 30.2 Å². The third kappa shape index (κ3) is 2.20. The first-order chi connectivity index (χ1) is 12.7. The molecule has 0 bridgehead atoms. The van der Waals surface area contributed by atoms with E-state index in [2.05, 4.69) is 25.5 Å². The highest BCUT2D eigenvalue weighted by atomic mass is 32.1. The van der Waals surface area contributed by atoms with E-state index in [4.69, 9.17) is 4.74 Å². The maximum Gasteiger partial charge on any atom is 0.266 e. The topological polar surface area (TPSA) is 101 Å². The number of aromatic amines is 2. The fourth-order valence-electron chi connectivity index (χ4n) is 3.54. The molecule has 5 rings (SSSR count). The Labute approximate surface area is 151 Å². The van der Waals surface area contributed by atoms with E-state index in [9.17, 15) is 4.79 Å². The Morgan fingerprint density at radius 1 is 1.42 bits per heavy atom.